The molecule has 0 spiro atoms. The SMILES string of the molecule is C=C(Nc1ccc(O)cc1)NC12CCC3C(C(=O)C=C4C5(C)C=C(C#N)C(=O)C(C)C5CCC43C)C1CC(C)(C)CC2. The van der Waals surface area contributed by atoms with Gasteiger partial charge in [0.2, 0.25) is 0 Å². The normalized spacial score (nSPS) is 40.1. The van der Waals surface area contributed by atoms with Crippen LogP contribution in [0.4, 0.5) is 5.69 Å². The number of phenols is 1. The Kier molecular flexibility index (Phi) is 6.57. The average Bonchev–Trinajstić information content (AvgIpc) is 2.93. The second-order valence-electron chi connectivity index (χ2n) is 15.2. The minimum Gasteiger partial charge on any atom is -0.508 e. The molecule has 0 aliphatic heterocycles. The molecule has 42 heavy (non-hydrogen) atoms. The van der Waals surface area contributed by atoms with Crippen LogP contribution in [0.1, 0.15) is 79.6 Å². The van der Waals surface area contributed by atoms with Crippen molar-refractivity contribution in [1.29, 1.82) is 5.26 Å². The van der Waals surface area contributed by atoms with Crippen molar-refractivity contribution in [3.63, 3.8) is 0 Å². The lowest BCUT2D eigenvalue weighted by atomic mass is 9.40. The Labute approximate surface area is 250 Å². The number of anilines is 1. The fraction of sp³-hybridized carbons (Fsp3) is 0.583. The second-order valence-corrected chi connectivity index (χ2v) is 15.2. The minimum atomic E-state index is -0.465. The first-order valence-corrected chi connectivity index (χ1v) is 15.7. The van der Waals surface area contributed by atoms with Gasteiger partial charge in [0.15, 0.2) is 11.6 Å². The van der Waals surface area contributed by atoms with Gasteiger partial charge in [-0.1, -0.05) is 52.8 Å². The van der Waals surface area contributed by atoms with E-state index in [1.54, 1.807) is 12.1 Å². The van der Waals surface area contributed by atoms with E-state index in [1.807, 2.05) is 31.2 Å². The zero-order valence-corrected chi connectivity index (χ0v) is 25.7. The number of allylic oxidation sites excluding steroid dienone is 4. The molecule has 5 aliphatic carbocycles. The van der Waals surface area contributed by atoms with Crippen molar-refractivity contribution >= 4 is 17.3 Å². The molecule has 3 saturated carbocycles. The molecule has 3 fully saturated rings. The largest absolute Gasteiger partial charge is 0.508 e. The summed E-state index contributed by atoms with van der Waals surface area (Å²) in [6, 6.07) is 9.15. The van der Waals surface area contributed by atoms with Gasteiger partial charge in [-0.15, -0.1) is 0 Å². The predicted molar refractivity (Wildman–Crippen MR) is 164 cm³/mol. The van der Waals surface area contributed by atoms with Crippen LogP contribution in [0.2, 0.25) is 0 Å². The molecule has 6 heteroatoms. The van der Waals surface area contributed by atoms with Crippen molar-refractivity contribution in [3.8, 4) is 11.8 Å². The van der Waals surface area contributed by atoms with Crippen molar-refractivity contribution in [1.82, 2.24) is 5.32 Å². The molecule has 0 bridgehead atoms. The smallest absolute Gasteiger partial charge is 0.176 e. The van der Waals surface area contributed by atoms with Crippen molar-refractivity contribution < 1.29 is 14.7 Å². The van der Waals surface area contributed by atoms with Gasteiger partial charge in [-0.05, 0) is 104 Å². The Bertz CT molecular complexity index is 1450. The van der Waals surface area contributed by atoms with Gasteiger partial charge in [0.25, 0.3) is 0 Å². The molecule has 0 amide bonds. The molecule has 1 aromatic carbocycles. The molecule has 6 rings (SSSR count). The van der Waals surface area contributed by atoms with E-state index in [4.69, 9.17) is 0 Å². The molecule has 0 saturated heterocycles. The number of carbonyl (C=O) groups is 2. The molecule has 8 atom stereocenters. The lowest BCUT2D eigenvalue weighted by Gasteiger charge is -2.64. The predicted octanol–water partition coefficient (Wildman–Crippen LogP) is 7.06. The van der Waals surface area contributed by atoms with Crippen molar-refractivity contribution in [3.05, 3.63) is 60.0 Å². The van der Waals surface area contributed by atoms with Crippen LogP contribution in [0.15, 0.2) is 60.0 Å². The first kappa shape index (κ1) is 28.8. The third-order valence-corrected chi connectivity index (χ3v) is 12.3. The number of ketones is 2. The maximum atomic E-state index is 14.4. The monoisotopic (exact) mass is 567 g/mol. The van der Waals surface area contributed by atoms with E-state index in [9.17, 15) is 20.0 Å². The first-order valence-electron chi connectivity index (χ1n) is 15.7. The fourth-order valence-corrected chi connectivity index (χ4v) is 10.2. The van der Waals surface area contributed by atoms with Crippen molar-refractivity contribution in [2.45, 2.75) is 85.1 Å². The highest BCUT2D eigenvalue weighted by Gasteiger charge is 2.64. The highest BCUT2D eigenvalue weighted by atomic mass is 16.3. The first-order chi connectivity index (χ1) is 19.7. The molecule has 3 N–H and O–H groups in total. The molecule has 222 valence electrons. The Hall–Kier alpha value is -3.33. The van der Waals surface area contributed by atoms with Gasteiger partial charge in [0.1, 0.15) is 11.8 Å². The lowest BCUT2D eigenvalue weighted by molar-refractivity contribution is -0.139. The number of Topliss-reactive ketones (excluding diaryl/α,β-unsaturated/α-hetero) is 1. The highest BCUT2D eigenvalue weighted by molar-refractivity contribution is 6.02. The summed E-state index contributed by atoms with van der Waals surface area (Å²) < 4.78 is 0. The third kappa shape index (κ3) is 4.26. The third-order valence-electron chi connectivity index (χ3n) is 12.3. The fourth-order valence-electron chi connectivity index (χ4n) is 10.2. The van der Waals surface area contributed by atoms with Crippen molar-refractivity contribution in [2.24, 2.45) is 45.8 Å². The molecule has 0 radical (unpaired) electrons. The van der Waals surface area contributed by atoms with Gasteiger partial charge in [-0.25, -0.2) is 0 Å². The lowest BCUT2D eigenvalue weighted by Crippen LogP contribution is -2.65. The van der Waals surface area contributed by atoms with Gasteiger partial charge in [-0.2, -0.15) is 5.26 Å². The van der Waals surface area contributed by atoms with Crippen LogP contribution >= 0.6 is 0 Å². The standard InChI is InChI=1S/C36H45N3O3/c1-21-26-11-13-34(5)27-12-14-36(39-22(2)38-24-7-9-25(40)10-8-24)16-15-33(3,4)19-28(36)31(27)29(41)17-30(34)35(26,6)18-23(20-37)32(21)42/h7-10,17-18,21,26-28,31,38-40H,2,11-16,19H2,1,3-6H3. The quantitative estimate of drug-likeness (QED) is 0.337. The van der Waals surface area contributed by atoms with E-state index in [0.717, 1.165) is 62.0 Å². The van der Waals surface area contributed by atoms with Gasteiger partial charge in [0.05, 0.1) is 11.4 Å². The number of carbonyl (C=O) groups excluding carboxylic acids is 2. The van der Waals surface area contributed by atoms with Crippen LogP contribution in [0.3, 0.4) is 0 Å². The molecule has 1 aromatic rings. The molecule has 8 unspecified atom stereocenters. The number of hydrogen-bond acceptors (Lipinski definition) is 6. The second kappa shape index (κ2) is 9.59. The van der Waals surface area contributed by atoms with E-state index >= 15 is 0 Å². The number of nitriles is 1. The van der Waals surface area contributed by atoms with Crippen LogP contribution in [-0.2, 0) is 9.59 Å². The zero-order chi connectivity index (χ0) is 30.2. The number of fused-ring (bicyclic) bond motifs is 7. The van der Waals surface area contributed by atoms with E-state index in [2.05, 4.69) is 51.0 Å². The highest BCUT2D eigenvalue weighted by Crippen LogP contribution is 2.68. The summed E-state index contributed by atoms with van der Waals surface area (Å²) in [6.07, 6.45) is 10.7. The van der Waals surface area contributed by atoms with Gasteiger partial charge < -0.3 is 15.7 Å². The van der Waals surface area contributed by atoms with E-state index in [0.29, 0.717) is 0 Å². The Morgan fingerprint density at radius 1 is 1.00 bits per heavy atom. The number of aromatic hydroxyl groups is 1. The maximum absolute atomic E-state index is 14.4. The number of hydrogen-bond donors (Lipinski definition) is 3. The van der Waals surface area contributed by atoms with E-state index < -0.39 is 5.41 Å². The summed E-state index contributed by atoms with van der Waals surface area (Å²) >= 11 is 0. The average molecular weight is 568 g/mol. The summed E-state index contributed by atoms with van der Waals surface area (Å²) in [5.74, 6) is 1.31. The van der Waals surface area contributed by atoms with Gasteiger partial charge >= 0.3 is 0 Å². The summed E-state index contributed by atoms with van der Waals surface area (Å²) in [5.41, 5.74) is 1.55. The number of nitrogens with zero attached hydrogens (tertiary/aromatic N) is 1. The molecular formula is C36H45N3O3. The Morgan fingerprint density at radius 3 is 2.38 bits per heavy atom. The number of benzene rings is 1. The van der Waals surface area contributed by atoms with Crippen LogP contribution in [0.25, 0.3) is 0 Å². The van der Waals surface area contributed by atoms with Crippen LogP contribution in [0, 0.1) is 57.2 Å². The number of rotatable bonds is 4. The minimum absolute atomic E-state index is 0.0525. The molecule has 0 aromatic heterocycles. The maximum Gasteiger partial charge on any atom is 0.176 e. The number of nitrogens with one attached hydrogen (secondary N) is 2. The van der Waals surface area contributed by atoms with Crippen LogP contribution in [-0.4, -0.2) is 22.2 Å². The molecule has 0 heterocycles. The van der Waals surface area contributed by atoms with E-state index in [-0.39, 0.29) is 68.8 Å². The summed E-state index contributed by atoms with van der Waals surface area (Å²) in [6.45, 7) is 15.5. The van der Waals surface area contributed by atoms with Crippen LogP contribution < -0.4 is 10.6 Å². The molecule has 6 nitrogen and oxygen atoms in total. The Morgan fingerprint density at radius 2 is 1.69 bits per heavy atom. The summed E-state index contributed by atoms with van der Waals surface area (Å²) in [5, 5.41) is 26.7. The van der Waals surface area contributed by atoms with Gasteiger partial charge in [0, 0.05) is 28.5 Å². The summed E-state index contributed by atoms with van der Waals surface area (Å²) in [4.78, 5) is 27.4. The van der Waals surface area contributed by atoms with Crippen LogP contribution in [0.5, 0.6) is 5.75 Å². The number of phenolic OH excluding ortho intramolecular Hbond substituents is 1. The topological polar surface area (TPSA) is 102 Å². The summed E-state index contributed by atoms with van der Waals surface area (Å²) in [7, 11) is 0. The van der Waals surface area contributed by atoms with Crippen molar-refractivity contribution in [2.75, 3.05) is 5.32 Å². The Balaban J connectivity index is 1.37. The molecule has 5 aliphatic rings. The molecular weight excluding hydrogens is 522 g/mol. The zero-order valence-electron chi connectivity index (χ0n) is 25.7. The van der Waals surface area contributed by atoms with E-state index in [1.165, 1.54) is 0 Å². The van der Waals surface area contributed by atoms with Gasteiger partial charge in [-0.3, -0.25) is 9.59 Å².